The van der Waals surface area contributed by atoms with E-state index in [0.29, 0.717) is 5.56 Å². The smallest absolute Gasteiger partial charge is 0.252 e. The first kappa shape index (κ1) is 14.9. The van der Waals surface area contributed by atoms with E-state index in [1.54, 1.807) is 6.07 Å². The van der Waals surface area contributed by atoms with E-state index < -0.39 is 6.04 Å². The van der Waals surface area contributed by atoms with E-state index in [-0.39, 0.29) is 19.1 Å². The number of carbonyl (C=O) groups is 1. The van der Waals surface area contributed by atoms with Crippen molar-refractivity contribution in [2.24, 2.45) is 0 Å². The maximum absolute atomic E-state index is 12.6. The lowest BCUT2D eigenvalue weighted by molar-refractivity contribution is 0.0881. The Balaban J connectivity index is 1.96. The van der Waals surface area contributed by atoms with Gasteiger partial charge in [0, 0.05) is 5.56 Å². The van der Waals surface area contributed by atoms with Crippen molar-refractivity contribution in [3.63, 3.8) is 0 Å². The SMILES string of the molecule is O=C(NC(CO)CO)c1ccc2ccc3cccc4ccc1c2c34. The molecular weight excluding hydrogens is 302 g/mol. The number of nitrogens with one attached hydrogen (secondary N) is 1. The summed E-state index contributed by atoms with van der Waals surface area (Å²) in [6.45, 7) is -0.595. The quantitative estimate of drug-likeness (QED) is 0.507. The molecule has 1 amide bonds. The molecule has 0 aliphatic carbocycles. The minimum Gasteiger partial charge on any atom is -0.394 e. The highest BCUT2D eigenvalue weighted by Gasteiger charge is 2.17. The van der Waals surface area contributed by atoms with Crippen LogP contribution in [0.1, 0.15) is 10.4 Å². The summed E-state index contributed by atoms with van der Waals surface area (Å²) in [6.07, 6.45) is 0. The molecule has 0 aliphatic rings. The largest absolute Gasteiger partial charge is 0.394 e. The van der Waals surface area contributed by atoms with Crippen LogP contribution in [-0.2, 0) is 0 Å². The molecule has 0 aliphatic heterocycles. The normalized spacial score (nSPS) is 11.8. The maximum atomic E-state index is 12.6. The number of aliphatic hydroxyl groups excluding tert-OH is 2. The summed E-state index contributed by atoms with van der Waals surface area (Å²) in [7, 11) is 0. The van der Waals surface area contributed by atoms with Crippen LogP contribution in [0.2, 0.25) is 0 Å². The molecule has 0 radical (unpaired) electrons. The van der Waals surface area contributed by atoms with Crippen LogP contribution in [0.3, 0.4) is 0 Å². The summed E-state index contributed by atoms with van der Waals surface area (Å²) < 4.78 is 0. The number of amides is 1. The van der Waals surface area contributed by atoms with Crippen molar-refractivity contribution in [1.82, 2.24) is 5.32 Å². The molecule has 0 saturated carbocycles. The summed E-state index contributed by atoms with van der Waals surface area (Å²) in [6, 6.07) is 17.4. The Kier molecular flexibility index (Phi) is 3.56. The predicted molar refractivity (Wildman–Crippen MR) is 95.6 cm³/mol. The summed E-state index contributed by atoms with van der Waals surface area (Å²) >= 11 is 0. The molecule has 0 spiro atoms. The second kappa shape index (κ2) is 5.74. The molecule has 0 heterocycles. The lowest BCUT2D eigenvalue weighted by Gasteiger charge is -2.16. The van der Waals surface area contributed by atoms with Gasteiger partial charge in [0.1, 0.15) is 0 Å². The molecular formula is C20H17NO3. The lowest BCUT2D eigenvalue weighted by Crippen LogP contribution is -2.40. The standard InChI is InChI=1S/C20H17NO3/c22-10-15(11-23)21-20(24)17-9-7-14-5-4-12-2-1-3-13-6-8-16(17)19(14)18(12)13/h1-9,15,22-23H,10-11H2,(H,21,24). The maximum Gasteiger partial charge on any atom is 0.252 e. The Morgan fingerprint density at radius 2 is 1.42 bits per heavy atom. The fourth-order valence-electron chi connectivity index (χ4n) is 3.35. The van der Waals surface area contributed by atoms with Crippen molar-refractivity contribution in [3.05, 3.63) is 60.2 Å². The van der Waals surface area contributed by atoms with Gasteiger partial charge in [0.05, 0.1) is 19.3 Å². The van der Waals surface area contributed by atoms with Crippen molar-refractivity contribution in [3.8, 4) is 0 Å². The Hall–Kier alpha value is -2.69. The Bertz CT molecular complexity index is 1020. The Morgan fingerprint density at radius 3 is 2.08 bits per heavy atom. The van der Waals surface area contributed by atoms with Crippen molar-refractivity contribution in [2.45, 2.75) is 6.04 Å². The minimum absolute atomic E-state index is 0.291. The second-order valence-electron chi connectivity index (χ2n) is 6.00. The van der Waals surface area contributed by atoms with E-state index in [1.807, 2.05) is 24.3 Å². The topological polar surface area (TPSA) is 69.6 Å². The summed E-state index contributed by atoms with van der Waals surface area (Å²) in [4.78, 5) is 12.6. The van der Waals surface area contributed by atoms with Gasteiger partial charge in [0.2, 0.25) is 0 Å². The predicted octanol–water partition coefficient (Wildman–Crippen LogP) is 2.67. The molecule has 24 heavy (non-hydrogen) atoms. The van der Waals surface area contributed by atoms with Gasteiger partial charge in [-0.15, -0.1) is 0 Å². The monoisotopic (exact) mass is 319 g/mol. The van der Waals surface area contributed by atoms with E-state index >= 15 is 0 Å². The highest BCUT2D eigenvalue weighted by atomic mass is 16.3. The summed E-state index contributed by atoms with van der Waals surface area (Å²) in [5, 5.41) is 27.5. The van der Waals surface area contributed by atoms with Crippen molar-refractivity contribution >= 4 is 38.2 Å². The molecule has 0 bridgehead atoms. The van der Waals surface area contributed by atoms with Crippen molar-refractivity contribution < 1.29 is 15.0 Å². The molecule has 0 fully saturated rings. The molecule has 0 saturated heterocycles. The van der Waals surface area contributed by atoms with Gasteiger partial charge in [-0.1, -0.05) is 48.5 Å². The van der Waals surface area contributed by atoms with Crippen molar-refractivity contribution in [2.75, 3.05) is 13.2 Å². The number of carbonyl (C=O) groups excluding carboxylic acids is 1. The van der Waals surface area contributed by atoms with Crippen LogP contribution < -0.4 is 5.32 Å². The van der Waals surface area contributed by atoms with Crippen LogP contribution in [0.15, 0.2) is 54.6 Å². The van der Waals surface area contributed by atoms with Crippen LogP contribution in [0.5, 0.6) is 0 Å². The van der Waals surface area contributed by atoms with E-state index in [9.17, 15) is 15.0 Å². The first-order chi connectivity index (χ1) is 11.7. The third-order valence-electron chi connectivity index (χ3n) is 4.55. The van der Waals surface area contributed by atoms with Gasteiger partial charge in [-0.05, 0) is 38.4 Å². The van der Waals surface area contributed by atoms with Gasteiger partial charge in [-0.2, -0.15) is 0 Å². The van der Waals surface area contributed by atoms with Crippen LogP contribution in [-0.4, -0.2) is 35.4 Å². The average Bonchev–Trinajstić information content (AvgIpc) is 2.63. The summed E-state index contributed by atoms with van der Waals surface area (Å²) in [5.74, 6) is -0.291. The molecule has 0 unspecified atom stereocenters. The number of hydrogen-bond donors (Lipinski definition) is 3. The van der Waals surface area contributed by atoms with Gasteiger partial charge in [0.15, 0.2) is 0 Å². The highest BCUT2D eigenvalue weighted by molar-refractivity contribution is 6.26. The molecule has 120 valence electrons. The highest BCUT2D eigenvalue weighted by Crippen LogP contribution is 2.35. The second-order valence-corrected chi connectivity index (χ2v) is 6.00. The van der Waals surface area contributed by atoms with E-state index in [4.69, 9.17) is 0 Å². The third kappa shape index (κ3) is 2.19. The zero-order valence-corrected chi connectivity index (χ0v) is 13.0. The van der Waals surface area contributed by atoms with Crippen LogP contribution in [0.25, 0.3) is 32.3 Å². The first-order valence-corrected chi connectivity index (χ1v) is 7.92. The molecule has 3 N–H and O–H groups in total. The number of aliphatic hydroxyl groups is 2. The van der Waals surface area contributed by atoms with Gasteiger partial charge < -0.3 is 15.5 Å². The fourth-order valence-corrected chi connectivity index (χ4v) is 3.35. The van der Waals surface area contributed by atoms with E-state index in [2.05, 4.69) is 29.6 Å². The zero-order chi connectivity index (χ0) is 16.7. The Labute approximate surface area is 138 Å². The van der Waals surface area contributed by atoms with Gasteiger partial charge in [-0.3, -0.25) is 4.79 Å². The Morgan fingerprint density at radius 1 is 0.833 bits per heavy atom. The van der Waals surface area contributed by atoms with E-state index in [1.165, 1.54) is 0 Å². The molecule has 0 aromatic heterocycles. The van der Waals surface area contributed by atoms with E-state index in [0.717, 1.165) is 32.3 Å². The number of benzene rings is 4. The fraction of sp³-hybridized carbons (Fsp3) is 0.150. The molecule has 4 heteroatoms. The third-order valence-corrected chi connectivity index (χ3v) is 4.55. The molecule has 0 atom stereocenters. The summed E-state index contributed by atoms with van der Waals surface area (Å²) in [5.41, 5.74) is 0.549. The molecule has 4 aromatic rings. The molecule has 4 rings (SSSR count). The zero-order valence-electron chi connectivity index (χ0n) is 13.0. The first-order valence-electron chi connectivity index (χ1n) is 7.92. The van der Waals surface area contributed by atoms with Crippen LogP contribution >= 0.6 is 0 Å². The van der Waals surface area contributed by atoms with Crippen LogP contribution in [0, 0.1) is 0 Å². The molecule has 4 aromatic carbocycles. The van der Waals surface area contributed by atoms with Crippen LogP contribution in [0.4, 0.5) is 0 Å². The average molecular weight is 319 g/mol. The lowest BCUT2D eigenvalue weighted by atomic mass is 9.92. The minimum atomic E-state index is -0.656. The van der Waals surface area contributed by atoms with Gasteiger partial charge in [0.25, 0.3) is 5.91 Å². The van der Waals surface area contributed by atoms with Crippen molar-refractivity contribution in [1.29, 1.82) is 0 Å². The van der Waals surface area contributed by atoms with Gasteiger partial charge >= 0.3 is 0 Å². The number of rotatable bonds is 4. The number of hydrogen-bond acceptors (Lipinski definition) is 3. The van der Waals surface area contributed by atoms with Gasteiger partial charge in [-0.25, -0.2) is 0 Å². The molecule has 4 nitrogen and oxygen atoms in total.